The third kappa shape index (κ3) is 5.00. The zero-order chi connectivity index (χ0) is 23.7. The lowest BCUT2D eigenvalue weighted by molar-refractivity contribution is -0.0861. The highest BCUT2D eigenvalue weighted by atomic mass is 32.1. The third-order valence-corrected chi connectivity index (χ3v) is 7.23. The molecule has 34 heavy (non-hydrogen) atoms. The number of fused-ring (bicyclic) bond motifs is 1. The van der Waals surface area contributed by atoms with Crippen molar-refractivity contribution >= 4 is 21.6 Å². The van der Waals surface area contributed by atoms with Crippen molar-refractivity contribution in [3.63, 3.8) is 0 Å². The number of aryl methyl sites for hydroxylation is 1. The molecule has 0 saturated carbocycles. The summed E-state index contributed by atoms with van der Waals surface area (Å²) >= 11 is 1.67. The fraction of sp³-hybridized carbons (Fsp3) is 0.385. The van der Waals surface area contributed by atoms with E-state index in [9.17, 15) is 5.11 Å². The molecule has 0 radical (unpaired) electrons. The molecule has 0 amide bonds. The Morgan fingerprint density at radius 3 is 2.76 bits per heavy atom. The normalized spacial score (nSPS) is 19.4. The Kier molecular flexibility index (Phi) is 6.65. The van der Waals surface area contributed by atoms with Gasteiger partial charge in [-0.25, -0.2) is 4.98 Å². The summed E-state index contributed by atoms with van der Waals surface area (Å²) in [4.78, 5) is 9.17. The molecule has 8 heteroatoms. The van der Waals surface area contributed by atoms with Gasteiger partial charge >= 0.3 is 0 Å². The number of aliphatic hydroxyl groups excluding tert-OH is 1. The van der Waals surface area contributed by atoms with Crippen LogP contribution in [0, 0.1) is 6.92 Å². The lowest BCUT2D eigenvalue weighted by Crippen LogP contribution is -2.58. The van der Waals surface area contributed by atoms with Crippen molar-refractivity contribution in [3.8, 4) is 17.0 Å². The topological polar surface area (TPSA) is 74.9 Å². The van der Waals surface area contributed by atoms with E-state index in [0.29, 0.717) is 6.54 Å². The van der Waals surface area contributed by atoms with E-state index < -0.39 is 12.3 Å². The Labute approximate surface area is 203 Å². The standard InChI is InChI=1S/C26H30N4O3S/c1-17-15-30(26(18(2)31)32-21-9-10-25-24(13-21)27-19(3)34-25)12-11-29(17)16-22-14-23(28-33-22)20-7-5-4-6-8-20/h4-10,13-14,17-18,26,31H,11-12,15-16H2,1-3H3/t17-,18+,26?/m0/s1. The van der Waals surface area contributed by atoms with Crippen molar-refractivity contribution in [1.82, 2.24) is 19.9 Å². The smallest absolute Gasteiger partial charge is 0.178 e. The van der Waals surface area contributed by atoms with E-state index in [4.69, 9.17) is 9.26 Å². The van der Waals surface area contributed by atoms with E-state index in [-0.39, 0.29) is 6.04 Å². The van der Waals surface area contributed by atoms with E-state index in [0.717, 1.165) is 57.6 Å². The van der Waals surface area contributed by atoms with Gasteiger partial charge in [-0.3, -0.25) is 9.80 Å². The lowest BCUT2D eigenvalue weighted by Gasteiger charge is -2.43. The number of hydrogen-bond donors (Lipinski definition) is 1. The summed E-state index contributed by atoms with van der Waals surface area (Å²) in [5.74, 6) is 1.59. The second kappa shape index (κ2) is 9.84. The van der Waals surface area contributed by atoms with Crippen LogP contribution >= 0.6 is 11.3 Å². The van der Waals surface area contributed by atoms with Crippen LogP contribution in [0.25, 0.3) is 21.5 Å². The highest BCUT2D eigenvalue weighted by Gasteiger charge is 2.32. The van der Waals surface area contributed by atoms with Gasteiger partial charge in [-0.05, 0) is 32.9 Å². The van der Waals surface area contributed by atoms with E-state index in [2.05, 4.69) is 26.9 Å². The number of nitrogens with zero attached hydrogens (tertiary/aromatic N) is 4. The molecule has 5 rings (SSSR count). The molecule has 4 aromatic rings. The van der Waals surface area contributed by atoms with Crippen LogP contribution in [0.1, 0.15) is 24.6 Å². The van der Waals surface area contributed by atoms with Crippen LogP contribution in [-0.4, -0.2) is 63.1 Å². The van der Waals surface area contributed by atoms with Gasteiger partial charge in [0.1, 0.15) is 17.5 Å². The molecule has 1 aliphatic heterocycles. The summed E-state index contributed by atoms with van der Waals surface area (Å²) in [6.45, 7) is 9.11. The number of ether oxygens (including phenoxy) is 1. The Morgan fingerprint density at radius 2 is 2.00 bits per heavy atom. The van der Waals surface area contributed by atoms with Crippen molar-refractivity contribution in [2.45, 2.75) is 45.7 Å². The molecule has 0 spiro atoms. The summed E-state index contributed by atoms with van der Waals surface area (Å²) < 4.78 is 13.0. The first kappa shape index (κ1) is 23.0. The predicted molar refractivity (Wildman–Crippen MR) is 134 cm³/mol. The fourth-order valence-electron chi connectivity index (χ4n) is 4.54. The van der Waals surface area contributed by atoms with Crippen molar-refractivity contribution in [3.05, 3.63) is 65.4 Å². The van der Waals surface area contributed by atoms with Gasteiger partial charge < -0.3 is 14.4 Å². The molecular formula is C26H30N4O3S. The number of rotatable bonds is 7. The highest BCUT2D eigenvalue weighted by Crippen LogP contribution is 2.28. The molecule has 3 heterocycles. The lowest BCUT2D eigenvalue weighted by atomic mass is 10.1. The van der Waals surface area contributed by atoms with Gasteiger partial charge in [0.2, 0.25) is 0 Å². The molecule has 178 valence electrons. The van der Waals surface area contributed by atoms with Crippen LogP contribution in [0.5, 0.6) is 5.75 Å². The summed E-state index contributed by atoms with van der Waals surface area (Å²) in [7, 11) is 0. The molecule has 1 aliphatic rings. The van der Waals surface area contributed by atoms with E-state index in [1.165, 1.54) is 0 Å². The maximum Gasteiger partial charge on any atom is 0.178 e. The van der Waals surface area contributed by atoms with Gasteiger partial charge in [-0.1, -0.05) is 35.5 Å². The zero-order valence-electron chi connectivity index (χ0n) is 19.7. The maximum absolute atomic E-state index is 10.5. The Balaban J connectivity index is 1.23. The summed E-state index contributed by atoms with van der Waals surface area (Å²) in [5.41, 5.74) is 2.85. The van der Waals surface area contributed by atoms with Crippen molar-refractivity contribution < 1.29 is 14.4 Å². The first-order valence-corrected chi connectivity index (χ1v) is 12.5. The van der Waals surface area contributed by atoms with Crippen molar-refractivity contribution in [2.75, 3.05) is 19.6 Å². The molecule has 2 aromatic heterocycles. The monoisotopic (exact) mass is 478 g/mol. The second-order valence-electron chi connectivity index (χ2n) is 8.97. The molecule has 1 unspecified atom stereocenters. The number of aliphatic hydroxyl groups is 1. The van der Waals surface area contributed by atoms with Crippen LogP contribution in [0.15, 0.2) is 59.1 Å². The fourth-order valence-corrected chi connectivity index (χ4v) is 5.34. The maximum atomic E-state index is 10.5. The molecular weight excluding hydrogens is 448 g/mol. The van der Waals surface area contributed by atoms with E-state index in [1.807, 2.05) is 61.5 Å². The van der Waals surface area contributed by atoms with Gasteiger partial charge in [0.05, 0.1) is 21.8 Å². The molecule has 2 aromatic carbocycles. The van der Waals surface area contributed by atoms with Crippen molar-refractivity contribution in [1.29, 1.82) is 0 Å². The zero-order valence-corrected chi connectivity index (χ0v) is 20.5. The molecule has 0 aliphatic carbocycles. The van der Waals surface area contributed by atoms with E-state index >= 15 is 0 Å². The van der Waals surface area contributed by atoms with Gasteiger partial charge in [0.25, 0.3) is 0 Å². The number of hydrogen-bond acceptors (Lipinski definition) is 8. The minimum absolute atomic E-state index is 0.271. The first-order valence-electron chi connectivity index (χ1n) is 11.7. The summed E-state index contributed by atoms with van der Waals surface area (Å²) in [5, 5.41) is 15.8. The Bertz CT molecular complexity index is 1240. The molecule has 7 nitrogen and oxygen atoms in total. The average Bonchev–Trinajstić information content (AvgIpc) is 3.44. The molecule has 3 atom stereocenters. The average molecular weight is 479 g/mol. The second-order valence-corrected chi connectivity index (χ2v) is 10.2. The van der Waals surface area contributed by atoms with Crippen molar-refractivity contribution in [2.24, 2.45) is 0 Å². The number of piperazine rings is 1. The van der Waals surface area contributed by atoms with Gasteiger partial charge in [0, 0.05) is 43.4 Å². The molecule has 1 saturated heterocycles. The largest absolute Gasteiger partial charge is 0.472 e. The Hall–Kier alpha value is -2.78. The van der Waals surface area contributed by atoms with Crippen LogP contribution in [-0.2, 0) is 6.54 Å². The number of thiazole rings is 1. The SMILES string of the molecule is Cc1nc2cc(OC([C@@H](C)O)N3CCN(Cc4cc(-c5ccccc5)no4)[C@@H](C)C3)ccc2s1. The predicted octanol–water partition coefficient (Wildman–Crippen LogP) is 4.55. The van der Waals surface area contributed by atoms with Gasteiger partial charge in [0.15, 0.2) is 12.0 Å². The summed E-state index contributed by atoms with van der Waals surface area (Å²) in [6.07, 6.45) is -1.05. The minimum atomic E-state index is -0.630. The number of benzene rings is 2. The van der Waals surface area contributed by atoms with Crippen LogP contribution < -0.4 is 4.74 Å². The van der Waals surface area contributed by atoms with Crippen LogP contribution in [0.2, 0.25) is 0 Å². The highest BCUT2D eigenvalue weighted by molar-refractivity contribution is 7.18. The van der Waals surface area contributed by atoms with Crippen LogP contribution in [0.4, 0.5) is 0 Å². The molecule has 0 bridgehead atoms. The van der Waals surface area contributed by atoms with Crippen LogP contribution in [0.3, 0.4) is 0 Å². The number of aromatic nitrogens is 2. The van der Waals surface area contributed by atoms with Gasteiger partial charge in [-0.15, -0.1) is 11.3 Å². The van der Waals surface area contributed by atoms with E-state index in [1.54, 1.807) is 18.3 Å². The minimum Gasteiger partial charge on any atom is -0.472 e. The molecule has 1 fully saturated rings. The third-order valence-electron chi connectivity index (χ3n) is 6.28. The Morgan fingerprint density at radius 1 is 1.18 bits per heavy atom. The summed E-state index contributed by atoms with van der Waals surface area (Å²) in [6, 6.07) is 18.3. The molecule has 1 N–H and O–H groups in total. The van der Waals surface area contributed by atoms with Gasteiger partial charge in [-0.2, -0.15) is 0 Å². The first-order chi connectivity index (χ1) is 16.5. The quantitative estimate of drug-likeness (QED) is 0.418.